The van der Waals surface area contributed by atoms with Gasteiger partial charge in [-0.05, 0) is 36.6 Å². The number of amides is 1. The van der Waals surface area contributed by atoms with E-state index in [0.29, 0.717) is 12.6 Å². The maximum absolute atomic E-state index is 12.7. The van der Waals surface area contributed by atoms with Crippen molar-refractivity contribution in [3.63, 3.8) is 0 Å². The summed E-state index contributed by atoms with van der Waals surface area (Å²) in [5, 5.41) is 4.19. The fourth-order valence-corrected chi connectivity index (χ4v) is 3.56. The number of pyridine rings is 1. The highest BCUT2D eigenvalue weighted by Crippen LogP contribution is 2.24. The SMILES string of the molecule is O=C(NC1CC1)c1cccc2ccn(Cc3ccc(-c4ccccc4)nc3)c12. The van der Waals surface area contributed by atoms with Crippen LogP contribution in [0.5, 0.6) is 0 Å². The molecule has 0 unspecified atom stereocenters. The van der Waals surface area contributed by atoms with Crippen LogP contribution in [0.4, 0.5) is 0 Å². The molecule has 1 amide bonds. The summed E-state index contributed by atoms with van der Waals surface area (Å²) in [5.74, 6) is 0.0191. The number of fused-ring (bicyclic) bond motifs is 1. The van der Waals surface area contributed by atoms with Gasteiger partial charge in [0.15, 0.2) is 0 Å². The molecule has 28 heavy (non-hydrogen) atoms. The van der Waals surface area contributed by atoms with Crippen LogP contribution >= 0.6 is 0 Å². The number of carbonyl (C=O) groups is 1. The highest BCUT2D eigenvalue weighted by atomic mass is 16.1. The number of hydrogen-bond donors (Lipinski definition) is 1. The average Bonchev–Trinajstić information content (AvgIpc) is 3.47. The number of aromatic nitrogens is 2. The number of benzene rings is 2. The second kappa shape index (κ2) is 6.97. The first-order chi connectivity index (χ1) is 13.8. The summed E-state index contributed by atoms with van der Waals surface area (Å²) in [6, 6.07) is 22.6. The van der Waals surface area contributed by atoms with Crippen LogP contribution in [0, 0.1) is 0 Å². The van der Waals surface area contributed by atoms with Gasteiger partial charge < -0.3 is 9.88 Å². The summed E-state index contributed by atoms with van der Waals surface area (Å²) in [5.41, 5.74) is 4.90. The monoisotopic (exact) mass is 367 g/mol. The van der Waals surface area contributed by atoms with Crippen LogP contribution in [0.1, 0.15) is 28.8 Å². The Kier molecular flexibility index (Phi) is 4.17. The summed E-state index contributed by atoms with van der Waals surface area (Å²) in [4.78, 5) is 17.3. The maximum Gasteiger partial charge on any atom is 0.253 e. The largest absolute Gasteiger partial charge is 0.349 e. The molecule has 1 aliphatic rings. The van der Waals surface area contributed by atoms with E-state index >= 15 is 0 Å². The minimum Gasteiger partial charge on any atom is -0.349 e. The molecule has 0 spiro atoms. The zero-order valence-electron chi connectivity index (χ0n) is 15.5. The van der Waals surface area contributed by atoms with Gasteiger partial charge in [0.2, 0.25) is 0 Å². The fourth-order valence-electron chi connectivity index (χ4n) is 3.56. The van der Waals surface area contributed by atoms with Gasteiger partial charge in [0.1, 0.15) is 0 Å². The third kappa shape index (κ3) is 3.29. The predicted molar refractivity (Wildman–Crippen MR) is 111 cm³/mol. The van der Waals surface area contributed by atoms with Crippen molar-refractivity contribution in [2.45, 2.75) is 25.4 Å². The number of rotatable bonds is 5. The second-order valence-electron chi connectivity index (χ2n) is 7.35. The van der Waals surface area contributed by atoms with Crippen LogP contribution in [0.15, 0.2) is 79.1 Å². The van der Waals surface area contributed by atoms with Gasteiger partial charge in [-0.25, -0.2) is 0 Å². The summed E-state index contributed by atoms with van der Waals surface area (Å²) < 4.78 is 2.14. The molecule has 2 aromatic carbocycles. The Balaban J connectivity index is 1.44. The van der Waals surface area contributed by atoms with Crippen LogP contribution in [0.3, 0.4) is 0 Å². The Labute approximate surface area is 163 Å². The first-order valence-corrected chi connectivity index (χ1v) is 9.67. The number of para-hydroxylation sites is 1. The molecule has 2 heterocycles. The molecule has 2 aromatic heterocycles. The Bertz CT molecular complexity index is 1130. The quantitative estimate of drug-likeness (QED) is 0.558. The maximum atomic E-state index is 12.7. The third-order valence-electron chi connectivity index (χ3n) is 5.19. The van der Waals surface area contributed by atoms with Crippen LogP contribution in [-0.2, 0) is 6.54 Å². The summed E-state index contributed by atoms with van der Waals surface area (Å²) in [6.45, 7) is 0.680. The van der Waals surface area contributed by atoms with E-state index in [1.54, 1.807) is 0 Å². The number of nitrogens with zero attached hydrogens (tertiary/aromatic N) is 2. The molecule has 0 saturated heterocycles. The Hall–Kier alpha value is -3.40. The molecule has 0 aliphatic heterocycles. The molecule has 138 valence electrons. The zero-order valence-corrected chi connectivity index (χ0v) is 15.5. The van der Waals surface area contributed by atoms with Crippen LogP contribution in [0.2, 0.25) is 0 Å². The number of carbonyl (C=O) groups excluding carboxylic acids is 1. The molecular formula is C24H21N3O. The van der Waals surface area contributed by atoms with Crippen molar-refractivity contribution < 1.29 is 4.79 Å². The van der Waals surface area contributed by atoms with Crippen molar-refractivity contribution in [2.24, 2.45) is 0 Å². The predicted octanol–water partition coefficient (Wildman–Crippen LogP) is 4.64. The molecule has 0 atom stereocenters. The smallest absolute Gasteiger partial charge is 0.253 e. The van der Waals surface area contributed by atoms with Crippen molar-refractivity contribution in [1.29, 1.82) is 0 Å². The van der Waals surface area contributed by atoms with E-state index in [2.05, 4.69) is 51.3 Å². The summed E-state index contributed by atoms with van der Waals surface area (Å²) in [7, 11) is 0. The molecule has 1 aliphatic carbocycles. The average molecular weight is 367 g/mol. The molecule has 5 rings (SSSR count). The van der Waals surface area contributed by atoms with Crippen molar-refractivity contribution in [1.82, 2.24) is 14.9 Å². The lowest BCUT2D eigenvalue weighted by Crippen LogP contribution is -2.26. The van der Waals surface area contributed by atoms with Crippen molar-refractivity contribution in [2.75, 3.05) is 0 Å². The first kappa shape index (κ1) is 16.8. The topological polar surface area (TPSA) is 46.9 Å². The van der Waals surface area contributed by atoms with Gasteiger partial charge in [-0.1, -0.05) is 48.5 Å². The molecule has 1 saturated carbocycles. The highest BCUT2D eigenvalue weighted by molar-refractivity contribution is 6.06. The van der Waals surface area contributed by atoms with Crippen molar-refractivity contribution in [3.8, 4) is 11.3 Å². The van der Waals surface area contributed by atoms with E-state index in [0.717, 1.165) is 46.1 Å². The third-order valence-corrected chi connectivity index (χ3v) is 5.19. The van der Waals surface area contributed by atoms with Gasteiger partial charge in [-0.15, -0.1) is 0 Å². The summed E-state index contributed by atoms with van der Waals surface area (Å²) in [6.07, 6.45) is 6.13. The van der Waals surface area contributed by atoms with E-state index in [1.165, 1.54) is 0 Å². The highest BCUT2D eigenvalue weighted by Gasteiger charge is 2.25. The van der Waals surface area contributed by atoms with Gasteiger partial charge in [0.25, 0.3) is 5.91 Å². The molecule has 4 nitrogen and oxygen atoms in total. The second-order valence-corrected chi connectivity index (χ2v) is 7.35. The first-order valence-electron chi connectivity index (χ1n) is 9.67. The lowest BCUT2D eigenvalue weighted by molar-refractivity contribution is 0.0952. The van der Waals surface area contributed by atoms with Crippen LogP contribution in [0.25, 0.3) is 22.2 Å². The number of hydrogen-bond acceptors (Lipinski definition) is 2. The molecular weight excluding hydrogens is 346 g/mol. The van der Waals surface area contributed by atoms with Gasteiger partial charge in [-0.3, -0.25) is 9.78 Å². The van der Waals surface area contributed by atoms with Crippen molar-refractivity contribution >= 4 is 16.8 Å². The lowest BCUT2D eigenvalue weighted by Gasteiger charge is -2.11. The Morgan fingerprint density at radius 3 is 2.61 bits per heavy atom. The minimum absolute atomic E-state index is 0.0191. The normalized spacial score (nSPS) is 13.6. The van der Waals surface area contributed by atoms with Gasteiger partial charge in [0, 0.05) is 35.9 Å². The molecule has 0 bridgehead atoms. The van der Waals surface area contributed by atoms with Gasteiger partial charge in [0.05, 0.1) is 16.8 Å². The van der Waals surface area contributed by atoms with E-state index in [1.807, 2.05) is 42.7 Å². The Morgan fingerprint density at radius 2 is 1.86 bits per heavy atom. The van der Waals surface area contributed by atoms with Crippen LogP contribution < -0.4 is 5.32 Å². The van der Waals surface area contributed by atoms with E-state index in [9.17, 15) is 4.79 Å². The van der Waals surface area contributed by atoms with E-state index in [4.69, 9.17) is 0 Å². The molecule has 4 heteroatoms. The van der Waals surface area contributed by atoms with E-state index in [-0.39, 0.29) is 5.91 Å². The Morgan fingerprint density at radius 1 is 1.00 bits per heavy atom. The summed E-state index contributed by atoms with van der Waals surface area (Å²) >= 11 is 0. The van der Waals surface area contributed by atoms with Gasteiger partial charge in [-0.2, -0.15) is 0 Å². The fraction of sp³-hybridized carbons (Fsp3) is 0.167. The molecule has 1 fully saturated rings. The standard InChI is InChI=1S/C24H21N3O/c28-24(26-20-10-11-20)21-8-4-7-19-13-14-27(23(19)21)16-17-9-12-22(25-15-17)18-5-2-1-3-6-18/h1-9,12-15,20H,10-11,16H2,(H,26,28). The van der Waals surface area contributed by atoms with Gasteiger partial charge >= 0.3 is 0 Å². The lowest BCUT2D eigenvalue weighted by atomic mass is 10.1. The van der Waals surface area contributed by atoms with E-state index < -0.39 is 0 Å². The number of nitrogens with one attached hydrogen (secondary N) is 1. The molecule has 4 aromatic rings. The van der Waals surface area contributed by atoms with Crippen LogP contribution in [-0.4, -0.2) is 21.5 Å². The van der Waals surface area contributed by atoms with Crippen molar-refractivity contribution in [3.05, 3.63) is 90.3 Å². The molecule has 0 radical (unpaired) electrons. The molecule has 1 N–H and O–H groups in total. The minimum atomic E-state index is 0.0191. The zero-order chi connectivity index (χ0) is 18.9.